The van der Waals surface area contributed by atoms with E-state index in [1.807, 2.05) is 0 Å². The van der Waals surface area contributed by atoms with Crippen LogP contribution >= 0.6 is 11.6 Å². The third-order valence-electron chi connectivity index (χ3n) is 7.63. The van der Waals surface area contributed by atoms with Crippen LogP contribution in [0.2, 0.25) is 5.02 Å². The van der Waals surface area contributed by atoms with Crippen LogP contribution in [0.5, 0.6) is 5.75 Å². The Hall–Kier alpha value is -3.73. The number of carbonyl (C=O) groups is 3. The first-order valence-electron chi connectivity index (χ1n) is 11.5. The van der Waals surface area contributed by atoms with E-state index in [-0.39, 0.29) is 34.8 Å². The Balaban J connectivity index is 1.73. The standard InChI is InChI=1S/C26H24ClN3O7/c1-30(2)20-14-7-11-6-13-17(15(31)8-12(19(13)27)10-4-3-5-29-9-10)21(32)16(11)23(34)26(14,37)24(35)18(22(20)33)25(28)36/h3-5,8-9,11,14,20,31-32,35,37H,6-7H2,1-2H3,(H2,28,36)/t11-,14-,20-,26-/m0/s1. The molecule has 6 N–H and O–H groups in total. The summed E-state index contributed by atoms with van der Waals surface area (Å²) in [6.07, 6.45) is 3.25. The fourth-order valence-corrected chi connectivity index (χ4v) is 6.35. The van der Waals surface area contributed by atoms with Gasteiger partial charge in [0.25, 0.3) is 5.91 Å². The van der Waals surface area contributed by atoms with Gasteiger partial charge in [-0.1, -0.05) is 17.7 Å². The molecule has 0 saturated heterocycles. The smallest absolute Gasteiger partial charge is 0.255 e. The van der Waals surface area contributed by atoms with Crippen LogP contribution in [0.4, 0.5) is 0 Å². The molecule has 1 aromatic heterocycles. The molecule has 3 aliphatic rings. The van der Waals surface area contributed by atoms with E-state index < -0.39 is 58.0 Å². The molecular weight excluding hydrogens is 502 g/mol. The molecule has 3 aliphatic carbocycles. The van der Waals surface area contributed by atoms with Crippen LogP contribution < -0.4 is 5.73 Å². The number of phenolic OH excluding ortho intramolecular Hbond substituents is 1. The van der Waals surface area contributed by atoms with Crippen molar-refractivity contribution in [3.05, 3.63) is 63.6 Å². The van der Waals surface area contributed by atoms with Crippen molar-refractivity contribution in [3.63, 3.8) is 0 Å². The fourth-order valence-electron chi connectivity index (χ4n) is 6.02. The Labute approximate surface area is 216 Å². The second kappa shape index (κ2) is 8.41. The largest absolute Gasteiger partial charge is 0.508 e. The number of amides is 1. The minimum absolute atomic E-state index is 0.0139. The van der Waals surface area contributed by atoms with Crippen molar-refractivity contribution in [2.75, 3.05) is 14.1 Å². The molecule has 1 heterocycles. The van der Waals surface area contributed by atoms with E-state index in [2.05, 4.69) is 4.98 Å². The van der Waals surface area contributed by atoms with E-state index >= 15 is 0 Å². The maximum absolute atomic E-state index is 13.8. The topological polar surface area (TPSA) is 174 Å². The number of phenols is 1. The van der Waals surface area contributed by atoms with Gasteiger partial charge in [0, 0.05) is 35.0 Å². The maximum Gasteiger partial charge on any atom is 0.255 e. The van der Waals surface area contributed by atoms with Crippen molar-refractivity contribution >= 4 is 34.8 Å². The average molecular weight is 526 g/mol. The molecule has 4 atom stereocenters. The summed E-state index contributed by atoms with van der Waals surface area (Å²) in [5, 5.41) is 44.8. The van der Waals surface area contributed by atoms with Gasteiger partial charge in [-0.25, -0.2) is 0 Å². The first-order valence-corrected chi connectivity index (χ1v) is 11.9. The number of likely N-dealkylation sites (N-methyl/N-ethyl adjacent to an activating group) is 1. The van der Waals surface area contributed by atoms with Crippen molar-refractivity contribution in [1.29, 1.82) is 0 Å². The monoisotopic (exact) mass is 525 g/mol. The summed E-state index contributed by atoms with van der Waals surface area (Å²) < 4.78 is 0. The zero-order valence-corrected chi connectivity index (χ0v) is 20.7. The highest BCUT2D eigenvalue weighted by atomic mass is 35.5. The molecule has 10 nitrogen and oxygen atoms in total. The molecule has 11 heteroatoms. The number of aliphatic hydroxyl groups is 3. The second-order valence-corrected chi connectivity index (χ2v) is 10.2. The van der Waals surface area contributed by atoms with Crippen LogP contribution in [0, 0.1) is 11.8 Å². The van der Waals surface area contributed by atoms with Crippen LogP contribution in [0.25, 0.3) is 16.9 Å². The molecule has 2 aromatic rings. The fraction of sp³-hybridized carbons (Fsp3) is 0.308. The summed E-state index contributed by atoms with van der Waals surface area (Å²) in [5.41, 5.74) is 3.01. The van der Waals surface area contributed by atoms with Gasteiger partial charge >= 0.3 is 0 Å². The van der Waals surface area contributed by atoms with Crippen molar-refractivity contribution in [3.8, 4) is 16.9 Å². The molecule has 0 bridgehead atoms. The van der Waals surface area contributed by atoms with E-state index in [1.165, 1.54) is 11.0 Å². The lowest BCUT2D eigenvalue weighted by Crippen LogP contribution is -2.65. The van der Waals surface area contributed by atoms with Gasteiger partial charge in [-0.2, -0.15) is 0 Å². The minimum Gasteiger partial charge on any atom is -0.508 e. The number of aromatic hydroxyl groups is 1. The summed E-state index contributed by atoms with van der Waals surface area (Å²) in [6.45, 7) is 0. The van der Waals surface area contributed by atoms with Gasteiger partial charge in [0.05, 0.1) is 16.6 Å². The summed E-state index contributed by atoms with van der Waals surface area (Å²) in [7, 11) is 3.09. The number of nitrogens with zero attached hydrogens (tertiary/aromatic N) is 2. The number of benzene rings is 1. The minimum atomic E-state index is -2.68. The molecule has 0 unspecified atom stereocenters. The van der Waals surface area contributed by atoms with E-state index in [0.717, 1.165) is 0 Å². The highest BCUT2D eigenvalue weighted by Crippen LogP contribution is 2.54. The number of halogens is 1. The number of rotatable bonds is 3. The Kier molecular flexibility index (Phi) is 5.67. The Morgan fingerprint density at radius 2 is 1.95 bits per heavy atom. The average Bonchev–Trinajstić information content (AvgIpc) is 2.83. The van der Waals surface area contributed by atoms with Gasteiger partial charge in [-0.15, -0.1) is 0 Å². The van der Waals surface area contributed by atoms with E-state index in [9.17, 15) is 34.8 Å². The normalized spacial score (nSPS) is 27.2. The summed E-state index contributed by atoms with van der Waals surface area (Å²) >= 11 is 6.74. The lowest BCUT2D eigenvalue weighted by Gasteiger charge is -2.50. The predicted octanol–water partition coefficient (Wildman–Crippen LogP) is 1.68. The number of hydrogen-bond acceptors (Lipinski definition) is 9. The number of Topliss-reactive ketones (excluding diaryl/α,β-unsaturated/α-hetero) is 2. The van der Waals surface area contributed by atoms with Crippen molar-refractivity contribution in [1.82, 2.24) is 9.88 Å². The quantitative estimate of drug-likeness (QED) is 0.373. The van der Waals surface area contributed by atoms with Gasteiger partial charge in [0.1, 0.15) is 22.8 Å². The Bertz CT molecular complexity index is 1450. The molecular formula is C26H24ClN3O7. The zero-order chi connectivity index (χ0) is 27.0. The zero-order valence-electron chi connectivity index (χ0n) is 19.9. The lowest BCUT2D eigenvalue weighted by molar-refractivity contribution is -0.153. The number of pyridine rings is 1. The molecule has 1 amide bonds. The number of aliphatic hydroxyl groups excluding tert-OH is 2. The molecule has 5 rings (SSSR count). The molecule has 0 radical (unpaired) electrons. The van der Waals surface area contributed by atoms with Gasteiger partial charge in [-0.05, 0) is 50.6 Å². The summed E-state index contributed by atoms with van der Waals surface area (Å²) in [4.78, 5) is 44.5. The van der Waals surface area contributed by atoms with E-state index in [1.54, 1.807) is 38.6 Å². The molecule has 1 aromatic carbocycles. The molecule has 1 fully saturated rings. The third kappa shape index (κ3) is 3.33. The van der Waals surface area contributed by atoms with Crippen LogP contribution in [0.3, 0.4) is 0 Å². The molecule has 1 saturated carbocycles. The number of fused-ring (bicyclic) bond motifs is 3. The predicted molar refractivity (Wildman–Crippen MR) is 132 cm³/mol. The van der Waals surface area contributed by atoms with E-state index in [4.69, 9.17) is 17.3 Å². The second-order valence-electron chi connectivity index (χ2n) is 9.81. The number of primary amides is 1. The SMILES string of the molecule is CN(C)[C@@H]1C(=O)C(C(N)=O)=C(O)[C@@]2(O)C(=O)C3=C(O)c4c(O)cc(-c5cccnc5)c(Cl)c4C[C@H]3C[C@@H]12. The van der Waals surface area contributed by atoms with Crippen molar-refractivity contribution < 1.29 is 34.8 Å². The van der Waals surface area contributed by atoms with E-state index in [0.29, 0.717) is 16.7 Å². The van der Waals surface area contributed by atoms with Crippen LogP contribution in [-0.2, 0) is 20.8 Å². The summed E-state index contributed by atoms with van der Waals surface area (Å²) in [6, 6.07) is 3.67. The Morgan fingerprint density at radius 3 is 2.54 bits per heavy atom. The van der Waals surface area contributed by atoms with Gasteiger partial charge in [-0.3, -0.25) is 24.3 Å². The number of nitrogens with two attached hydrogens (primary N) is 1. The first-order chi connectivity index (χ1) is 17.4. The number of ketones is 2. The lowest BCUT2D eigenvalue weighted by atomic mass is 9.57. The third-order valence-corrected chi connectivity index (χ3v) is 8.06. The van der Waals surface area contributed by atoms with Crippen molar-refractivity contribution in [2.24, 2.45) is 17.6 Å². The maximum atomic E-state index is 13.8. The Morgan fingerprint density at radius 1 is 1.24 bits per heavy atom. The van der Waals surface area contributed by atoms with Crippen LogP contribution in [0.15, 0.2) is 47.5 Å². The molecule has 37 heavy (non-hydrogen) atoms. The number of carbonyl (C=O) groups excluding carboxylic acids is 3. The highest BCUT2D eigenvalue weighted by molar-refractivity contribution is 6.34. The highest BCUT2D eigenvalue weighted by Gasteiger charge is 2.64. The van der Waals surface area contributed by atoms with Crippen LogP contribution in [0.1, 0.15) is 17.5 Å². The molecule has 0 aliphatic heterocycles. The molecule has 192 valence electrons. The number of hydrogen-bond donors (Lipinski definition) is 5. The molecule has 0 spiro atoms. The first kappa shape index (κ1) is 24.9. The van der Waals surface area contributed by atoms with Crippen LogP contribution in [-0.4, -0.2) is 73.5 Å². The van der Waals surface area contributed by atoms with Gasteiger partial charge in [0.2, 0.25) is 5.78 Å². The summed E-state index contributed by atoms with van der Waals surface area (Å²) in [5.74, 6) is -7.07. The van der Waals surface area contributed by atoms with Crippen molar-refractivity contribution in [2.45, 2.75) is 24.5 Å². The van der Waals surface area contributed by atoms with Gasteiger partial charge in [0.15, 0.2) is 11.4 Å². The number of aromatic nitrogens is 1. The van der Waals surface area contributed by atoms with Gasteiger partial charge < -0.3 is 26.2 Å².